The van der Waals surface area contributed by atoms with Crippen LogP contribution >= 0.6 is 0 Å². The van der Waals surface area contributed by atoms with Crippen molar-refractivity contribution < 1.29 is 14.3 Å². The molecule has 0 aromatic carbocycles. The largest absolute Gasteiger partial charge is 0.381 e. The summed E-state index contributed by atoms with van der Waals surface area (Å²) < 4.78 is 5.33. The molecule has 108 valence electrons. The molecule has 0 aromatic heterocycles. The third kappa shape index (κ3) is 3.47. The van der Waals surface area contributed by atoms with Crippen LogP contribution in [-0.4, -0.2) is 49.1 Å². The van der Waals surface area contributed by atoms with E-state index < -0.39 is 6.04 Å². The lowest BCUT2D eigenvalue weighted by atomic mass is 9.84. The van der Waals surface area contributed by atoms with Gasteiger partial charge < -0.3 is 15.0 Å². The zero-order valence-electron chi connectivity index (χ0n) is 12.1. The van der Waals surface area contributed by atoms with Gasteiger partial charge in [0.05, 0.1) is 6.54 Å². The van der Waals surface area contributed by atoms with Crippen molar-refractivity contribution in [1.82, 2.24) is 10.2 Å². The first-order chi connectivity index (χ1) is 8.88. The summed E-state index contributed by atoms with van der Waals surface area (Å²) in [6.45, 7) is 8.35. The third-order valence-corrected chi connectivity index (χ3v) is 3.88. The van der Waals surface area contributed by atoms with Crippen molar-refractivity contribution >= 4 is 11.8 Å². The van der Waals surface area contributed by atoms with Crippen LogP contribution in [0.3, 0.4) is 0 Å². The molecule has 2 aliphatic rings. The normalized spacial score (nSPS) is 26.5. The molecule has 5 heteroatoms. The van der Waals surface area contributed by atoms with Gasteiger partial charge in [-0.1, -0.05) is 20.8 Å². The van der Waals surface area contributed by atoms with Gasteiger partial charge in [-0.15, -0.1) is 0 Å². The molecule has 0 radical (unpaired) electrons. The fraction of sp³-hybridized carbons (Fsp3) is 0.857. The molecule has 2 aliphatic heterocycles. The smallest absolute Gasteiger partial charge is 0.246 e. The summed E-state index contributed by atoms with van der Waals surface area (Å²) in [7, 11) is 0. The molecule has 0 spiro atoms. The Bertz CT molecular complexity index is 356. The second-order valence-corrected chi connectivity index (χ2v) is 6.64. The molecule has 1 unspecified atom stereocenters. The van der Waals surface area contributed by atoms with E-state index in [1.807, 2.05) is 20.8 Å². The summed E-state index contributed by atoms with van der Waals surface area (Å²) in [4.78, 5) is 26.0. The van der Waals surface area contributed by atoms with E-state index in [0.717, 1.165) is 26.1 Å². The average molecular weight is 268 g/mol. The highest BCUT2D eigenvalue weighted by molar-refractivity contribution is 5.95. The van der Waals surface area contributed by atoms with Crippen LogP contribution in [0.25, 0.3) is 0 Å². The number of hydrogen-bond acceptors (Lipinski definition) is 3. The maximum atomic E-state index is 12.5. The Morgan fingerprint density at radius 1 is 1.26 bits per heavy atom. The summed E-state index contributed by atoms with van der Waals surface area (Å²) >= 11 is 0. The van der Waals surface area contributed by atoms with Gasteiger partial charge in [-0.05, 0) is 24.2 Å². The van der Waals surface area contributed by atoms with Crippen LogP contribution in [0.5, 0.6) is 0 Å². The fourth-order valence-corrected chi connectivity index (χ4v) is 2.68. The molecule has 0 aliphatic carbocycles. The second kappa shape index (κ2) is 5.49. The van der Waals surface area contributed by atoms with Crippen molar-refractivity contribution in [3.63, 3.8) is 0 Å². The van der Waals surface area contributed by atoms with Crippen LogP contribution in [-0.2, 0) is 14.3 Å². The summed E-state index contributed by atoms with van der Waals surface area (Å²) in [5.74, 6) is 0.467. The minimum Gasteiger partial charge on any atom is -0.381 e. The lowest BCUT2D eigenvalue weighted by molar-refractivity contribution is -0.148. The number of carbonyl (C=O) groups excluding carboxylic acids is 2. The number of nitrogens with one attached hydrogen (secondary N) is 1. The van der Waals surface area contributed by atoms with Crippen LogP contribution in [0.15, 0.2) is 0 Å². The summed E-state index contributed by atoms with van der Waals surface area (Å²) in [5.41, 5.74) is -0.249. The minimum atomic E-state index is -0.409. The first-order valence-electron chi connectivity index (χ1n) is 7.04. The highest BCUT2D eigenvalue weighted by Gasteiger charge is 2.40. The molecule has 2 rings (SSSR count). The minimum absolute atomic E-state index is 0.0495. The SMILES string of the molecule is CC(C)(C)C1NC(=O)CN(CC2CCOCC2)C1=O. The lowest BCUT2D eigenvalue weighted by Gasteiger charge is -2.40. The van der Waals surface area contributed by atoms with E-state index in [1.54, 1.807) is 4.90 Å². The maximum Gasteiger partial charge on any atom is 0.246 e. The Morgan fingerprint density at radius 3 is 2.47 bits per heavy atom. The summed E-state index contributed by atoms with van der Waals surface area (Å²) in [5, 5.41) is 2.82. The predicted octanol–water partition coefficient (Wildman–Crippen LogP) is 0.786. The molecule has 5 nitrogen and oxygen atoms in total. The number of piperazine rings is 1. The molecular weight excluding hydrogens is 244 g/mol. The van der Waals surface area contributed by atoms with Gasteiger partial charge in [0.15, 0.2) is 0 Å². The molecule has 1 N–H and O–H groups in total. The standard InChI is InChI=1S/C14H24N2O3/c1-14(2,3)12-13(18)16(9-11(17)15-12)8-10-4-6-19-7-5-10/h10,12H,4-9H2,1-3H3,(H,15,17). The molecule has 2 fully saturated rings. The maximum absolute atomic E-state index is 12.5. The molecule has 2 amide bonds. The molecular formula is C14H24N2O3. The number of nitrogens with zero attached hydrogens (tertiary/aromatic N) is 1. The van der Waals surface area contributed by atoms with Crippen molar-refractivity contribution in [2.45, 2.75) is 39.7 Å². The van der Waals surface area contributed by atoms with Gasteiger partial charge in [-0.3, -0.25) is 9.59 Å². The van der Waals surface area contributed by atoms with Gasteiger partial charge >= 0.3 is 0 Å². The average Bonchev–Trinajstić information content (AvgIpc) is 2.33. The predicted molar refractivity (Wildman–Crippen MR) is 71.5 cm³/mol. The lowest BCUT2D eigenvalue weighted by Crippen LogP contribution is -2.62. The zero-order chi connectivity index (χ0) is 14.0. The van der Waals surface area contributed by atoms with Gasteiger partial charge in [0.2, 0.25) is 11.8 Å². The van der Waals surface area contributed by atoms with Crippen molar-refractivity contribution in [2.24, 2.45) is 11.3 Å². The summed E-state index contributed by atoms with van der Waals surface area (Å²) in [6.07, 6.45) is 1.96. The highest BCUT2D eigenvalue weighted by atomic mass is 16.5. The topological polar surface area (TPSA) is 58.6 Å². The molecule has 2 saturated heterocycles. The van der Waals surface area contributed by atoms with Crippen LogP contribution in [0, 0.1) is 11.3 Å². The number of hydrogen-bond donors (Lipinski definition) is 1. The third-order valence-electron chi connectivity index (χ3n) is 3.88. The molecule has 19 heavy (non-hydrogen) atoms. The number of ether oxygens (including phenoxy) is 1. The molecule has 2 heterocycles. The van der Waals surface area contributed by atoms with Gasteiger partial charge in [0.1, 0.15) is 6.04 Å². The van der Waals surface area contributed by atoms with E-state index in [-0.39, 0.29) is 23.8 Å². The molecule has 0 aromatic rings. The second-order valence-electron chi connectivity index (χ2n) is 6.64. The van der Waals surface area contributed by atoms with Gasteiger partial charge in [0.25, 0.3) is 0 Å². The van der Waals surface area contributed by atoms with E-state index in [9.17, 15) is 9.59 Å². The van der Waals surface area contributed by atoms with Crippen LogP contribution in [0.4, 0.5) is 0 Å². The van der Waals surface area contributed by atoms with Gasteiger partial charge in [-0.2, -0.15) is 0 Å². The van der Waals surface area contributed by atoms with E-state index in [1.165, 1.54) is 0 Å². The number of carbonyl (C=O) groups is 2. The Hall–Kier alpha value is -1.10. The highest BCUT2D eigenvalue weighted by Crippen LogP contribution is 2.25. The Morgan fingerprint density at radius 2 is 1.89 bits per heavy atom. The molecule has 0 saturated carbocycles. The summed E-state index contributed by atoms with van der Waals surface area (Å²) in [6, 6.07) is -0.409. The Labute approximate surface area is 114 Å². The van der Waals surface area contributed by atoms with E-state index in [0.29, 0.717) is 12.5 Å². The van der Waals surface area contributed by atoms with E-state index in [2.05, 4.69) is 5.32 Å². The van der Waals surface area contributed by atoms with Gasteiger partial charge in [-0.25, -0.2) is 0 Å². The van der Waals surface area contributed by atoms with E-state index >= 15 is 0 Å². The van der Waals surface area contributed by atoms with Crippen LogP contribution < -0.4 is 5.32 Å². The van der Waals surface area contributed by atoms with Crippen LogP contribution in [0.1, 0.15) is 33.6 Å². The quantitative estimate of drug-likeness (QED) is 0.805. The van der Waals surface area contributed by atoms with Crippen molar-refractivity contribution in [1.29, 1.82) is 0 Å². The monoisotopic (exact) mass is 268 g/mol. The van der Waals surface area contributed by atoms with Crippen LogP contribution in [0.2, 0.25) is 0 Å². The molecule has 1 atom stereocenters. The number of rotatable bonds is 2. The first-order valence-corrected chi connectivity index (χ1v) is 7.04. The van der Waals surface area contributed by atoms with Crippen molar-refractivity contribution in [3.8, 4) is 0 Å². The zero-order valence-corrected chi connectivity index (χ0v) is 12.1. The van der Waals surface area contributed by atoms with Gasteiger partial charge in [0, 0.05) is 19.8 Å². The Balaban J connectivity index is 2.02. The molecule has 0 bridgehead atoms. The van der Waals surface area contributed by atoms with Crippen molar-refractivity contribution in [3.05, 3.63) is 0 Å². The van der Waals surface area contributed by atoms with E-state index in [4.69, 9.17) is 4.74 Å². The Kier molecular flexibility index (Phi) is 4.13. The fourth-order valence-electron chi connectivity index (χ4n) is 2.68. The van der Waals surface area contributed by atoms with Crippen molar-refractivity contribution in [2.75, 3.05) is 26.3 Å². The first kappa shape index (κ1) is 14.3. The number of amides is 2.